The maximum atomic E-state index is 12.2. The largest absolute Gasteiger partial charge is 0.353 e. The normalized spacial score (nSPS) is 15.7. The van der Waals surface area contributed by atoms with Gasteiger partial charge < -0.3 is 5.32 Å². The van der Waals surface area contributed by atoms with E-state index in [0.29, 0.717) is 12.5 Å². The highest BCUT2D eigenvalue weighted by Gasteiger charge is 2.18. The van der Waals surface area contributed by atoms with Crippen molar-refractivity contribution in [2.75, 3.05) is 0 Å². The third kappa shape index (κ3) is 3.71. The number of aromatic nitrogens is 2. The zero-order valence-electron chi connectivity index (χ0n) is 12.8. The van der Waals surface area contributed by atoms with E-state index < -0.39 is 0 Å². The van der Waals surface area contributed by atoms with Crippen molar-refractivity contribution in [3.63, 3.8) is 0 Å². The van der Waals surface area contributed by atoms with Gasteiger partial charge >= 0.3 is 0 Å². The maximum Gasteiger partial charge on any atom is 0.225 e. The van der Waals surface area contributed by atoms with Gasteiger partial charge in [-0.05, 0) is 31.9 Å². The quantitative estimate of drug-likeness (QED) is 0.939. The summed E-state index contributed by atoms with van der Waals surface area (Å²) in [4.78, 5) is 21.9. The molecule has 2 heterocycles. The number of hydrogen-bond donors (Lipinski definition) is 1. The molecule has 1 N–H and O–H groups in total. The molecular formula is C17H21N3OS. The van der Waals surface area contributed by atoms with Crippen LogP contribution >= 0.6 is 11.3 Å². The van der Waals surface area contributed by atoms with Crippen LogP contribution in [0.4, 0.5) is 0 Å². The highest BCUT2D eigenvalue weighted by molar-refractivity contribution is 7.15. The van der Waals surface area contributed by atoms with Gasteiger partial charge in [0.1, 0.15) is 5.01 Å². The lowest BCUT2D eigenvalue weighted by atomic mass is 9.95. The standard InChI is InChI=1S/C17H21N3OS/c1-12-15(11-16(21)20-14-5-3-2-4-6-14)22-17(19-12)13-7-9-18-10-8-13/h7-10,14H,2-6,11H2,1H3,(H,20,21). The minimum Gasteiger partial charge on any atom is -0.353 e. The van der Waals surface area contributed by atoms with Gasteiger partial charge in [0.15, 0.2) is 0 Å². The predicted molar refractivity (Wildman–Crippen MR) is 88.8 cm³/mol. The zero-order chi connectivity index (χ0) is 15.4. The molecule has 0 atom stereocenters. The molecule has 2 aromatic heterocycles. The highest BCUT2D eigenvalue weighted by Crippen LogP contribution is 2.28. The highest BCUT2D eigenvalue weighted by atomic mass is 32.1. The molecule has 1 saturated carbocycles. The molecule has 1 amide bonds. The number of amides is 1. The average molecular weight is 315 g/mol. The van der Waals surface area contributed by atoms with E-state index in [4.69, 9.17) is 0 Å². The molecule has 0 unspecified atom stereocenters. The molecule has 4 nitrogen and oxygen atoms in total. The molecule has 0 aliphatic heterocycles. The summed E-state index contributed by atoms with van der Waals surface area (Å²) in [5.74, 6) is 0.125. The first-order valence-corrected chi connectivity index (χ1v) is 8.70. The summed E-state index contributed by atoms with van der Waals surface area (Å²) in [6, 6.07) is 4.27. The van der Waals surface area contributed by atoms with E-state index in [1.165, 1.54) is 19.3 Å². The minimum absolute atomic E-state index is 0.125. The van der Waals surface area contributed by atoms with Crippen molar-refractivity contribution >= 4 is 17.2 Å². The maximum absolute atomic E-state index is 12.2. The van der Waals surface area contributed by atoms with Gasteiger partial charge in [-0.1, -0.05) is 19.3 Å². The third-order valence-corrected chi connectivity index (χ3v) is 5.32. The third-order valence-electron chi connectivity index (χ3n) is 4.11. The monoisotopic (exact) mass is 315 g/mol. The predicted octanol–water partition coefficient (Wildman–Crippen LogP) is 3.50. The Morgan fingerprint density at radius 1 is 1.27 bits per heavy atom. The molecule has 5 heteroatoms. The minimum atomic E-state index is 0.125. The fraction of sp³-hybridized carbons (Fsp3) is 0.471. The first-order chi connectivity index (χ1) is 10.7. The number of carbonyl (C=O) groups is 1. The van der Waals surface area contributed by atoms with Gasteiger partial charge in [-0.3, -0.25) is 9.78 Å². The van der Waals surface area contributed by atoms with Gasteiger partial charge in [-0.15, -0.1) is 11.3 Å². The number of nitrogens with one attached hydrogen (secondary N) is 1. The summed E-state index contributed by atoms with van der Waals surface area (Å²) in [5, 5.41) is 4.13. The van der Waals surface area contributed by atoms with E-state index in [1.807, 2.05) is 19.1 Å². The second kappa shape index (κ2) is 7.01. The van der Waals surface area contributed by atoms with Crippen molar-refractivity contribution in [2.45, 2.75) is 51.5 Å². The molecule has 1 fully saturated rings. The topological polar surface area (TPSA) is 54.9 Å². The van der Waals surface area contributed by atoms with Crippen LogP contribution in [0.15, 0.2) is 24.5 Å². The fourth-order valence-corrected chi connectivity index (χ4v) is 3.95. The van der Waals surface area contributed by atoms with Gasteiger partial charge in [-0.25, -0.2) is 4.98 Å². The van der Waals surface area contributed by atoms with Crippen LogP contribution < -0.4 is 5.32 Å². The molecule has 22 heavy (non-hydrogen) atoms. The molecule has 0 radical (unpaired) electrons. The number of hydrogen-bond acceptors (Lipinski definition) is 4. The van der Waals surface area contributed by atoms with Gasteiger partial charge in [-0.2, -0.15) is 0 Å². The summed E-state index contributed by atoms with van der Waals surface area (Å²) in [6.07, 6.45) is 9.97. The Morgan fingerprint density at radius 2 is 2.00 bits per heavy atom. The van der Waals surface area contributed by atoms with Crippen LogP contribution in [0.25, 0.3) is 10.6 Å². The molecule has 1 aliphatic carbocycles. The Labute approximate surface area is 135 Å². The van der Waals surface area contributed by atoms with Crippen molar-refractivity contribution in [1.29, 1.82) is 0 Å². The van der Waals surface area contributed by atoms with Crippen molar-refractivity contribution in [3.8, 4) is 10.6 Å². The van der Waals surface area contributed by atoms with Gasteiger partial charge in [0.25, 0.3) is 0 Å². The van der Waals surface area contributed by atoms with Crippen LogP contribution in [0.5, 0.6) is 0 Å². The van der Waals surface area contributed by atoms with Crippen molar-refractivity contribution in [2.24, 2.45) is 0 Å². The number of carbonyl (C=O) groups excluding carboxylic acids is 1. The molecule has 2 aromatic rings. The number of pyridine rings is 1. The number of nitrogens with zero attached hydrogens (tertiary/aromatic N) is 2. The molecule has 0 spiro atoms. The van der Waals surface area contributed by atoms with E-state index in [9.17, 15) is 4.79 Å². The van der Waals surface area contributed by atoms with Crippen LogP contribution in [0, 0.1) is 6.92 Å². The van der Waals surface area contributed by atoms with Crippen LogP contribution in [0.1, 0.15) is 42.7 Å². The average Bonchev–Trinajstić information content (AvgIpc) is 2.90. The number of thiazole rings is 1. The Balaban J connectivity index is 1.65. The summed E-state index contributed by atoms with van der Waals surface area (Å²) >= 11 is 1.60. The molecule has 0 saturated heterocycles. The van der Waals surface area contributed by atoms with Crippen LogP contribution in [0.2, 0.25) is 0 Å². The Hall–Kier alpha value is -1.75. The number of rotatable bonds is 4. The first kappa shape index (κ1) is 15.2. The van der Waals surface area contributed by atoms with E-state index in [2.05, 4.69) is 15.3 Å². The summed E-state index contributed by atoms with van der Waals surface area (Å²) in [6.45, 7) is 1.98. The van der Waals surface area contributed by atoms with E-state index in [1.54, 1.807) is 23.7 Å². The van der Waals surface area contributed by atoms with E-state index in [0.717, 1.165) is 34.0 Å². The van der Waals surface area contributed by atoms with Gasteiger partial charge in [0, 0.05) is 28.9 Å². The Bertz CT molecular complexity index is 633. The summed E-state index contributed by atoms with van der Waals surface area (Å²) in [5.41, 5.74) is 2.01. The molecular weight excluding hydrogens is 294 g/mol. The zero-order valence-corrected chi connectivity index (χ0v) is 13.7. The van der Waals surface area contributed by atoms with E-state index >= 15 is 0 Å². The van der Waals surface area contributed by atoms with Crippen LogP contribution in [-0.4, -0.2) is 21.9 Å². The van der Waals surface area contributed by atoms with Gasteiger partial charge in [0.05, 0.1) is 12.1 Å². The van der Waals surface area contributed by atoms with Crippen LogP contribution in [-0.2, 0) is 11.2 Å². The number of aryl methyl sites for hydroxylation is 1. The summed E-state index contributed by atoms with van der Waals surface area (Å²) in [7, 11) is 0. The molecule has 116 valence electrons. The molecule has 1 aliphatic rings. The Kier molecular flexibility index (Phi) is 4.83. The van der Waals surface area contributed by atoms with Crippen molar-refractivity contribution in [3.05, 3.63) is 35.1 Å². The fourth-order valence-electron chi connectivity index (χ4n) is 2.88. The lowest BCUT2D eigenvalue weighted by molar-refractivity contribution is -0.121. The molecule has 0 aromatic carbocycles. The van der Waals surface area contributed by atoms with Crippen LogP contribution in [0.3, 0.4) is 0 Å². The SMILES string of the molecule is Cc1nc(-c2ccncc2)sc1CC(=O)NC1CCCCC1. The van der Waals surface area contributed by atoms with Crippen molar-refractivity contribution in [1.82, 2.24) is 15.3 Å². The second-order valence-corrected chi connectivity index (χ2v) is 6.93. The smallest absolute Gasteiger partial charge is 0.225 e. The second-order valence-electron chi connectivity index (χ2n) is 5.84. The molecule has 3 rings (SSSR count). The van der Waals surface area contributed by atoms with Crippen molar-refractivity contribution < 1.29 is 4.79 Å². The lowest BCUT2D eigenvalue weighted by Gasteiger charge is -2.22. The van der Waals surface area contributed by atoms with E-state index in [-0.39, 0.29) is 5.91 Å². The van der Waals surface area contributed by atoms with Gasteiger partial charge in [0.2, 0.25) is 5.91 Å². The lowest BCUT2D eigenvalue weighted by Crippen LogP contribution is -2.37. The summed E-state index contributed by atoms with van der Waals surface area (Å²) < 4.78 is 0. The Morgan fingerprint density at radius 3 is 2.73 bits per heavy atom. The first-order valence-electron chi connectivity index (χ1n) is 7.88. The molecule has 0 bridgehead atoms.